The Morgan fingerprint density at radius 3 is 1.00 bits per heavy atom. The second-order valence-corrected chi connectivity index (χ2v) is 29.5. The van der Waals surface area contributed by atoms with Gasteiger partial charge in [-0.25, -0.2) is 4.57 Å². The van der Waals surface area contributed by atoms with Gasteiger partial charge >= 0.3 is 25.7 Å². The van der Waals surface area contributed by atoms with E-state index in [-0.39, 0.29) is 19.3 Å². The van der Waals surface area contributed by atoms with Crippen molar-refractivity contribution in [2.24, 2.45) is 0 Å². The zero-order valence-electron chi connectivity index (χ0n) is 60.3. The number of esters is 3. The molecule has 11 N–H and O–H groups in total. The van der Waals surface area contributed by atoms with Gasteiger partial charge in [-0.05, 0) is 19.3 Å². The first kappa shape index (κ1) is 90.2. The predicted molar refractivity (Wildman–Crippen MR) is 370 cm³/mol. The van der Waals surface area contributed by atoms with Crippen LogP contribution in [0.1, 0.15) is 316 Å². The van der Waals surface area contributed by atoms with Gasteiger partial charge in [-0.3, -0.25) is 23.4 Å². The number of carbonyl (C=O) groups excluding carboxylic acids is 3. The largest absolute Gasteiger partial charge is 0.472 e. The molecule has 25 heteroatoms. The molecule has 2 heterocycles. The third-order valence-electron chi connectivity index (χ3n) is 19.4. The molecule has 2 aliphatic heterocycles. The van der Waals surface area contributed by atoms with E-state index in [2.05, 4.69) is 20.8 Å². The summed E-state index contributed by atoms with van der Waals surface area (Å²) >= 11 is 0. The zero-order chi connectivity index (χ0) is 71.8. The Hall–Kier alpha value is -2.04. The Morgan fingerprint density at radius 1 is 0.357 bits per heavy atom. The van der Waals surface area contributed by atoms with E-state index in [9.17, 15) is 74.9 Å². The molecule has 3 rings (SSSR count). The fraction of sp³-hybridized carbons (Fsp3) is 0.959. The van der Waals surface area contributed by atoms with Crippen LogP contribution in [-0.4, -0.2) is 204 Å². The highest BCUT2D eigenvalue weighted by Gasteiger charge is 2.58. The van der Waals surface area contributed by atoms with Crippen molar-refractivity contribution in [2.45, 2.75) is 420 Å². The Labute approximate surface area is 587 Å². The van der Waals surface area contributed by atoms with E-state index >= 15 is 0 Å². The van der Waals surface area contributed by atoms with E-state index in [1.165, 1.54) is 167 Å². The average molecular weight is 1430 g/mol. The molecular weight excluding hydrogens is 1290 g/mol. The van der Waals surface area contributed by atoms with Crippen LogP contribution in [0.15, 0.2) is 0 Å². The fourth-order valence-corrected chi connectivity index (χ4v) is 14.0. The van der Waals surface area contributed by atoms with Crippen molar-refractivity contribution < 1.29 is 117 Å². The van der Waals surface area contributed by atoms with Gasteiger partial charge in [-0.1, -0.05) is 278 Å². The number of hydrogen-bond acceptors (Lipinski definition) is 23. The highest BCUT2D eigenvalue weighted by atomic mass is 31.2. The Balaban J connectivity index is 1.72. The summed E-state index contributed by atoms with van der Waals surface area (Å²) in [5.74, 6) is -1.97. The highest BCUT2D eigenvalue weighted by molar-refractivity contribution is 7.47. The van der Waals surface area contributed by atoms with E-state index in [1.807, 2.05) is 0 Å². The zero-order valence-corrected chi connectivity index (χ0v) is 61.2. The van der Waals surface area contributed by atoms with Gasteiger partial charge in [-0.2, -0.15) is 0 Å². The van der Waals surface area contributed by atoms with Gasteiger partial charge in [0.25, 0.3) is 0 Å². The first-order valence-electron chi connectivity index (χ1n) is 38.8. The lowest BCUT2D eigenvalue weighted by molar-refractivity contribution is -0.360. The minimum atomic E-state index is -5.69. The normalized spacial score (nSPS) is 27.6. The van der Waals surface area contributed by atoms with Crippen LogP contribution in [0.5, 0.6) is 0 Å². The van der Waals surface area contributed by atoms with E-state index in [0.29, 0.717) is 19.3 Å². The molecule has 1 aliphatic carbocycles. The Morgan fingerprint density at radius 2 is 0.653 bits per heavy atom. The van der Waals surface area contributed by atoms with Crippen molar-refractivity contribution in [3.05, 3.63) is 0 Å². The maximum absolute atomic E-state index is 14.3. The van der Waals surface area contributed by atoms with Crippen molar-refractivity contribution in [1.82, 2.24) is 0 Å². The summed E-state index contributed by atoms with van der Waals surface area (Å²) in [6, 6.07) is 0. The Kier molecular flexibility index (Phi) is 51.0. The van der Waals surface area contributed by atoms with E-state index in [0.717, 1.165) is 89.9 Å². The molecule has 0 aromatic heterocycles. The van der Waals surface area contributed by atoms with Crippen LogP contribution in [-0.2, 0) is 61.2 Å². The molecule has 0 aromatic carbocycles. The monoisotopic (exact) mass is 1430 g/mol. The van der Waals surface area contributed by atoms with Gasteiger partial charge in [0.05, 0.1) is 13.2 Å². The summed E-state index contributed by atoms with van der Waals surface area (Å²) in [6.45, 7) is 3.48. The van der Waals surface area contributed by atoms with Crippen LogP contribution in [0.25, 0.3) is 0 Å². The summed E-state index contributed by atoms with van der Waals surface area (Å²) in [5, 5.41) is 110. The molecule has 98 heavy (non-hydrogen) atoms. The third-order valence-corrected chi connectivity index (χ3v) is 20.4. The van der Waals surface area contributed by atoms with Gasteiger partial charge in [-0.15, -0.1) is 0 Å². The predicted octanol–water partition coefficient (Wildman–Crippen LogP) is 11.0. The molecule has 0 aromatic rings. The molecule has 0 radical (unpaired) electrons. The van der Waals surface area contributed by atoms with Crippen LogP contribution >= 0.6 is 7.82 Å². The Bertz CT molecular complexity index is 2030. The molecule has 18 unspecified atom stereocenters. The van der Waals surface area contributed by atoms with Gasteiger partial charge < -0.3 is 89.1 Å². The van der Waals surface area contributed by atoms with E-state index < -0.39 is 156 Å². The van der Waals surface area contributed by atoms with Crippen LogP contribution in [0.2, 0.25) is 0 Å². The molecular formula is C73H137O24P. The summed E-state index contributed by atoms with van der Waals surface area (Å²) in [7, 11) is -5.69. The van der Waals surface area contributed by atoms with Crippen LogP contribution < -0.4 is 0 Å². The summed E-state index contributed by atoms with van der Waals surface area (Å²) in [4.78, 5) is 51.0. The molecule has 0 amide bonds. The SMILES string of the molecule is CCCCCCCCCCCCCCCCCCCC(=O)OCC(COP(=O)(O)OC1C(OC2OC(CO)C(O)C(O)C2O)C(O)C(O)C(O)C1OC1OC(COC(=O)CCCCCCCCCCCCCC)C(O)C(O)C1O)OC(=O)CCCCCCCCCCCCCCCC. The standard InChI is InChI=1S/C73H137O24P/c1-4-7-10-13-16-19-22-25-27-28-29-31-33-36-38-41-44-47-57(75)89-51-54(92-59(77)49-46-43-40-37-34-30-26-23-20-17-14-11-8-5-2)52-91-98(87,88)97-71-69(95-72-67(85)62(80)60(78)55(50-74)93-72)65(83)64(82)66(84)70(71)96-73-68(86)63(81)61(79)56(94-73)53-90-58(76)48-45-42-39-35-32-24-21-18-15-12-9-6-3/h54-56,60-74,78-86H,4-53H2,1-3H3,(H,87,88). The van der Waals surface area contributed by atoms with Crippen molar-refractivity contribution in [2.75, 3.05) is 26.4 Å². The summed E-state index contributed by atoms with van der Waals surface area (Å²) in [6.07, 6.45) is 13.0. The maximum Gasteiger partial charge on any atom is 0.472 e. The summed E-state index contributed by atoms with van der Waals surface area (Å²) in [5.41, 5.74) is 0. The molecule has 0 bridgehead atoms. The molecule has 24 nitrogen and oxygen atoms in total. The number of carbonyl (C=O) groups is 3. The van der Waals surface area contributed by atoms with Crippen molar-refractivity contribution in [3.63, 3.8) is 0 Å². The van der Waals surface area contributed by atoms with Crippen molar-refractivity contribution >= 4 is 25.7 Å². The average Bonchev–Trinajstić information content (AvgIpc) is 0.763. The van der Waals surface area contributed by atoms with Crippen molar-refractivity contribution in [1.29, 1.82) is 0 Å². The van der Waals surface area contributed by atoms with E-state index in [4.69, 9.17) is 42.2 Å². The molecule has 18 atom stereocenters. The lowest BCUT2D eigenvalue weighted by Gasteiger charge is -2.49. The minimum Gasteiger partial charge on any atom is -0.463 e. The van der Waals surface area contributed by atoms with Crippen LogP contribution in [0.4, 0.5) is 0 Å². The number of phosphoric ester groups is 1. The topological polar surface area (TPSA) is 374 Å². The fourth-order valence-electron chi connectivity index (χ4n) is 13.1. The number of rotatable bonds is 61. The number of aliphatic hydroxyl groups is 10. The maximum atomic E-state index is 14.3. The number of phosphoric acid groups is 1. The number of unbranched alkanes of at least 4 members (excludes halogenated alkanes) is 40. The molecule has 0 spiro atoms. The molecule has 3 aliphatic rings. The summed E-state index contributed by atoms with van der Waals surface area (Å²) < 4.78 is 65.1. The molecule has 1 saturated carbocycles. The number of ether oxygens (including phenoxy) is 7. The highest BCUT2D eigenvalue weighted by Crippen LogP contribution is 2.49. The second kappa shape index (κ2) is 55.4. The quantitative estimate of drug-likeness (QED) is 0.0117. The second-order valence-electron chi connectivity index (χ2n) is 28.1. The van der Waals surface area contributed by atoms with Crippen LogP contribution in [0.3, 0.4) is 0 Å². The lowest BCUT2D eigenvalue weighted by Crippen LogP contribution is -2.69. The lowest BCUT2D eigenvalue weighted by atomic mass is 9.84. The van der Waals surface area contributed by atoms with E-state index in [1.54, 1.807) is 0 Å². The molecule has 3 fully saturated rings. The van der Waals surface area contributed by atoms with Gasteiger partial charge in [0.15, 0.2) is 18.7 Å². The number of hydrogen-bond donors (Lipinski definition) is 11. The third kappa shape index (κ3) is 38.1. The first-order chi connectivity index (χ1) is 47.3. The van der Waals surface area contributed by atoms with Gasteiger partial charge in [0, 0.05) is 19.3 Å². The number of aliphatic hydroxyl groups excluding tert-OH is 10. The smallest absolute Gasteiger partial charge is 0.463 e. The van der Waals surface area contributed by atoms with Gasteiger partial charge in [0.1, 0.15) is 98.7 Å². The molecule has 2 saturated heterocycles. The minimum absolute atomic E-state index is 0.0330. The first-order valence-corrected chi connectivity index (χ1v) is 40.3. The van der Waals surface area contributed by atoms with Gasteiger partial charge in [0.2, 0.25) is 0 Å². The van der Waals surface area contributed by atoms with Crippen LogP contribution in [0, 0.1) is 0 Å². The van der Waals surface area contributed by atoms with Crippen molar-refractivity contribution in [3.8, 4) is 0 Å². The molecule has 578 valence electrons.